The Kier molecular flexibility index (Phi) is 6.87. The highest BCUT2D eigenvalue weighted by Gasteiger charge is 2.32. The molecular weight excluding hydrogens is 435 g/mol. The maximum atomic E-state index is 12.8. The van der Waals surface area contributed by atoms with Crippen molar-refractivity contribution in [1.29, 1.82) is 0 Å². The van der Waals surface area contributed by atoms with E-state index in [1.54, 1.807) is 4.90 Å². The summed E-state index contributed by atoms with van der Waals surface area (Å²) in [6, 6.07) is 7.98. The molecular formula is C22H28F3N7O. The third kappa shape index (κ3) is 5.84. The van der Waals surface area contributed by atoms with E-state index in [0.717, 1.165) is 29.3 Å². The number of halogens is 3. The van der Waals surface area contributed by atoms with Crippen molar-refractivity contribution < 1.29 is 18.0 Å². The average molecular weight is 464 g/mol. The second kappa shape index (κ2) is 9.82. The number of aromatic nitrogens is 4. The summed E-state index contributed by atoms with van der Waals surface area (Å²) in [5.74, 6) is 0.0842. The van der Waals surface area contributed by atoms with Crippen molar-refractivity contribution in [3.05, 3.63) is 41.9 Å². The average Bonchev–Trinajstić information content (AvgIpc) is 3.41. The van der Waals surface area contributed by atoms with Crippen LogP contribution in [-0.2, 0) is 6.42 Å². The molecule has 3 aromatic rings. The zero-order valence-electron chi connectivity index (χ0n) is 18.5. The van der Waals surface area contributed by atoms with E-state index in [2.05, 4.69) is 38.5 Å². The Morgan fingerprint density at radius 3 is 2.70 bits per heavy atom. The Hall–Kier alpha value is -3.08. The molecule has 33 heavy (non-hydrogen) atoms. The van der Waals surface area contributed by atoms with Crippen molar-refractivity contribution >= 4 is 22.8 Å². The number of aromatic amines is 2. The fourth-order valence-electron chi connectivity index (χ4n) is 4.25. The molecule has 8 nitrogen and oxygen atoms in total. The number of rotatable bonds is 8. The van der Waals surface area contributed by atoms with Crippen molar-refractivity contribution in [2.45, 2.75) is 38.4 Å². The van der Waals surface area contributed by atoms with Crippen molar-refractivity contribution in [3.8, 4) is 0 Å². The number of anilines is 1. The molecule has 0 aliphatic carbocycles. The summed E-state index contributed by atoms with van der Waals surface area (Å²) in [6.45, 7) is 2.41. The molecule has 0 saturated carbocycles. The van der Waals surface area contributed by atoms with Gasteiger partial charge >= 0.3 is 6.18 Å². The highest BCUT2D eigenvalue weighted by Crippen LogP contribution is 2.21. The van der Waals surface area contributed by atoms with Crippen LogP contribution in [0.4, 0.5) is 19.1 Å². The molecule has 1 aromatic carbocycles. The molecule has 1 aliphatic rings. The SMILES string of the molecule is CCCC(Cc1c[nH]c2ccccc12)NC(=O)c1nc(N2CCN(CC(F)(F)F)CC2)n[nH]1. The van der Waals surface area contributed by atoms with Gasteiger partial charge in [-0.3, -0.25) is 14.8 Å². The molecule has 2 aromatic heterocycles. The molecule has 1 amide bonds. The van der Waals surface area contributed by atoms with Crippen LogP contribution >= 0.6 is 0 Å². The Morgan fingerprint density at radius 2 is 1.97 bits per heavy atom. The quantitative estimate of drug-likeness (QED) is 0.477. The maximum absolute atomic E-state index is 12.8. The van der Waals surface area contributed by atoms with Gasteiger partial charge in [-0.15, -0.1) is 5.10 Å². The lowest BCUT2D eigenvalue weighted by Crippen LogP contribution is -2.49. The van der Waals surface area contributed by atoms with Crippen molar-refractivity contribution in [1.82, 2.24) is 30.4 Å². The highest BCUT2D eigenvalue weighted by molar-refractivity contribution is 5.91. The van der Waals surface area contributed by atoms with E-state index >= 15 is 0 Å². The molecule has 1 saturated heterocycles. The highest BCUT2D eigenvalue weighted by atomic mass is 19.4. The molecule has 0 bridgehead atoms. The minimum atomic E-state index is -4.21. The molecule has 1 fully saturated rings. The minimum Gasteiger partial charge on any atom is -0.361 e. The number of carbonyl (C=O) groups is 1. The van der Waals surface area contributed by atoms with Gasteiger partial charge in [0.05, 0.1) is 6.54 Å². The van der Waals surface area contributed by atoms with Crippen molar-refractivity contribution in [2.24, 2.45) is 0 Å². The summed E-state index contributed by atoms with van der Waals surface area (Å²) < 4.78 is 37.7. The van der Waals surface area contributed by atoms with Crippen LogP contribution in [0, 0.1) is 0 Å². The number of hydrogen-bond acceptors (Lipinski definition) is 5. The first-order valence-corrected chi connectivity index (χ1v) is 11.1. The van der Waals surface area contributed by atoms with Crippen LogP contribution < -0.4 is 10.2 Å². The number of fused-ring (bicyclic) bond motifs is 1. The van der Waals surface area contributed by atoms with Crippen LogP contribution in [0.3, 0.4) is 0 Å². The van der Waals surface area contributed by atoms with Gasteiger partial charge in [-0.05, 0) is 24.5 Å². The smallest absolute Gasteiger partial charge is 0.361 e. The molecule has 1 atom stereocenters. The monoisotopic (exact) mass is 463 g/mol. The lowest BCUT2D eigenvalue weighted by molar-refractivity contribution is -0.146. The summed E-state index contributed by atoms with van der Waals surface area (Å²) in [5, 5.41) is 11.0. The first-order chi connectivity index (χ1) is 15.8. The first-order valence-electron chi connectivity index (χ1n) is 11.1. The number of carbonyl (C=O) groups excluding carboxylic acids is 1. The zero-order valence-corrected chi connectivity index (χ0v) is 18.5. The molecule has 1 unspecified atom stereocenters. The molecule has 178 valence electrons. The standard InChI is InChI=1S/C22H28F3N7O/c1-2-5-16(12-15-13-26-18-7-4-3-6-17(15)18)27-20(33)19-28-21(30-29-19)32-10-8-31(9-11-32)14-22(23,24)25/h3-4,6-7,13,16,26H,2,5,8-12,14H2,1H3,(H,27,33)(H,28,29,30). The van der Waals surface area contributed by atoms with Crippen LogP contribution in [-0.4, -0.2) is 75.9 Å². The second-order valence-electron chi connectivity index (χ2n) is 8.39. The Bertz CT molecular complexity index is 1070. The molecule has 0 radical (unpaired) electrons. The molecule has 1 aliphatic heterocycles. The molecule has 3 heterocycles. The second-order valence-corrected chi connectivity index (χ2v) is 8.39. The molecule has 3 N–H and O–H groups in total. The number of alkyl halides is 3. The Labute approximate surface area is 189 Å². The van der Waals surface area contributed by atoms with Crippen LogP contribution in [0.5, 0.6) is 0 Å². The maximum Gasteiger partial charge on any atom is 0.401 e. The van der Waals surface area contributed by atoms with Crippen molar-refractivity contribution in [3.63, 3.8) is 0 Å². The predicted octanol–water partition coefficient (Wildman–Crippen LogP) is 3.11. The van der Waals surface area contributed by atoms with E-state index < -0.39 is 12.7 Å². The summed E-state index contributed by atoms with van der Waals surface area (Å²) >= 11 is 0. The lowest BCUT2D eigenvalue weighted by atomic mass is 10.0. The predicted molar refractivity (Wildman–Crippen MR) is 119 cm³/mol. The Balaban J connectivity index is 1.36. The van der Waals surface area contributed by atoms with E-state index in [1.165, 1.54) is 4.90 Å². The Morgan fingerprint density at radius 1 is 1.21 bits per heavy atom. The summed E-state index contributed by atoms with van der Waals surface area (Å²) in [6.07, 6.45) is 0.181. The third-order valence-corrected chi connectivity index (χ3v) is 5.86. The number of piperazine rings is 1. The van der Waals surface area contributed by atoms with Gasteiger partial charge in [0, 0.05) is 49.3 Å². The van der Waals surface area contributed by atoms with Gasteiger partial charge in [0.1, 0.15) is 0 Å². The van der Waals surface area contributed by atoms with E-state index in [4.69, 9.17) is 0 Å². The zero-order chi connectivity index (χ0) is 23.4. The van der Waals surface area contributed by atoms with Crippen LogP contribution in [0.25, 0.3) is 10.9 Å². The van der Waals surface area contributed by atoms with Gasteiger partial charge < -0.3 is 15.2 Å². The van der Waals surface area contributed by atoms with E-state index in [9.17, 15) is 18.0 Å². The lowest BCUT2D eigenvalue weighted by Gasteiger charge is -2.34. The van der Waals surface area contributed by atoms with Crippen molar-refractivity contribution in [2.75, 3.05) is 37.6 Å². The molecule has 4 rings (SSSR count). The van der Waals surface area contributed by atoms with E-state index in [-0.39, 0.29) is 30.9 Å². The van der Waals surface area contributed by atoms with Gasteiger partial charge in [-0.1, -0.05) is 31.5 Å². The number of benzene rings is 1. The fourth-order valence-corrected chi connectivity index (χ4v) is 4.25. The van der Waals surface area contributed by atoms with Gasteiger partial charge in [0.2, 0.25) is 11.8 Å². The largest absolute Gasteiger partial charge is 0.401 e. The molecule has 0 spiro atoms. The number of nitrogens with zero attached hydrogens (tertiary/aromatic N) is 4. The number of amides is 1. The number of H-pyrrole nitrogens is 2. The summed E-state index contributed by atoms with van der Waals surface area (Å²) in [4.78, 5) is 23.5. The van der Waals surface area contributed by atoms with Gasteiger partial charge in [-0.25, -0.2) is 0 Å². The minimum absolute atomic E-state index is 0.0684. The van der Waals surface area contributed by atoms with Gasteiger partial charge in [0.25, 0.3) is 5.91 Å². The van der Waals surface area contributed by atoms with Gasteiger partial charge in [-0.2, -0.15) is 18.2 Å². The van der Waals surface area contributed by atoms with Crippen LogP contribution in [0.2, 0.25) is 0 Å². The summed E-state index contributed by atoms with van der Waals surface area (Å²) in [7, 11) is 0. The fraction of sp³-hybridized carbons (Fsp3) is 0.500. The third-order valence-electron chi connectivity index (χ3n) is 5.86. The van der Waals surface area contributed by atoms with E-state index in [1.807, 2.05) is 24.4 Å². The normalized spacial score (nSPS) is 16.3. The number of para-hydroxylation sites is 1. The number of nitrogens with one attached hydrogen (secondary N) is 3. The topological polar surface area (TPSA) is 92.9 Å². The van der Waals surface area contributed by atoms with E-state index in [0.29, 0.717) is 25.5 Å². The molecule has 11 heteroatoms. The summed E-state index contributed by atoms with van der Waals surface area (Å²) in [5.41, 5.74) is 2.20. The van der Waals surface area contributed by atoms with Crippen LogP contribution in [0.15, 0.2) is 30.5 Å². The van der Waals surface area contributed by atoms with Gasteiger partial charge in [0.15, 0.2) is 0 Å². The first kappa shape index (κ1) is 23.1. The number of hydrogen-bond donors (Lipinski definition) is 3. The van der Waals surface area contributed by atoms with Crippen LogP contribution in [0.1, 0.15) is 35.9 Å².